The predicted octanol–water partition coefficient (Wildman–Crippen LogP) is 1.20. The van der Waals surface area contributed by atoms with Crippen molar-refractivity contribution in [2.24, 2.45) is 5.92 Å². The zero-order valence-electron chi connectivity index (χ0n) is 8.76. The van der Waals surface area contributed by atoms with E-state index in [2.05, 4.69) is 6.92 Å². The lowest BCUT2D eigenvalue weighted by molar-refractivity contribution is -0.146. The summed E-state index contributed by atoms with van der Waals surface area (Å²) in [6.07, 6.45) is -1.00. The molecule has 1 aliphatic heterocycles. The Kier molecular flexibility index (Phi) is 2.73. The zero-order valence-corrected chi connectivity index (χ0v) is 8.76. The third-order valence-electron chi connectivity index (χ3n) is 2.73. The third-order valence-corrected chi connectivity index (χ3v) is 2.73. The molecule has 0 aliphatic carbocycles. The number of hydrogen-bond donors (Lipinski definition) is 1. The van der Waals surface area contributed by atoms with Gasteiger partial charge < -0.3 is 10.0 Å². The van der Waals surface area contributed by atoms with Crippen molar-refractivity contribution in [1.29, 1.82) is 0 Å². The number of hydrogen-bond acceptors (Lipinski definition) is 2. The van der Waals surface area contributed by atoms with E-state index in [-0.39, 0.29) is 5.91 Å². The molecule has 3 nitrogen and oxygen atoms in total. The van der Waals surface area contributed by atoms with Crippen molar-refractivity contribution in [3.8, 4) is 0 Å². The number of aliphatic hydroxyl groups excluding tert-OH is 1. The van der Waals surface area contributed by atoms with Gasteiger partial charge in [-0.25, -0.2) is 0 Å². The van der Waals surface area contributed by atoms with E-state index in [1.54, 1.807) is 17.0 Å². The Morgan fingerprint density at radius 2 is 2.00 bits per heavy atom. The first-order valence-corrected chi connectivity index (χ1v) is 5.20. The molecule has 1 fully saturated rings. The van der Waals surface area contributed by atoms with Crippen LogP contribution in [0.15, 0.2) is 30.3 Å². The smallest absolute Gasteiger partial charge is 0.256 e. The molecule has 15 heavy (non-hydrogen) atoms. The molecule has 2 rings (SSSR count). The molecule has 1 unspecified atom stereocenters. The van der Waals surface area contributed by atoms with Crippen LogP contribution >= 0.6 is 0 Å². The molecule has 80 valence electrons. The van der Waals surface area contributed by atoms with Gasteiger partial charge in [-0.15, -0.1) is 0 Å². The standard InChI is InChI=1S/C12H15NO2/c1-9-7-13(8-9)12(15)11(14)10-5-3-2-4-6-10/h2-6,9,11,14H,7-8H2,1H3. The van der Waals surface area contributed by atoms with E-state index in [0.29, 0.717) is 11.5 Å². The predicted molar refractivity (Wildman–Crippen MR) is 57.1 cm³/mol. The molecule has 1 N–H and O–H groups in total. The molecule has 1 amide bonds. The Labute approximate surface area is 89.3 Å². The van der Waals surface area contributed by atoms with Crippen molar-refractivity contribution in [3.05, 3.63) is 35.9 Å². The lowest BCUT2D eigenvalue weighted by Gasteiger charge is -2.38. The van der Waals surface area contributed by atoms with Gasteiger partial charge in [0, 0.05) is 13.1 Å². The highest BCUT2D eigenvalue weighted by Gasteiger charge is 2.31. The molecule has 1 aromatic rings. The minimum atomic E-state index is -1.00. The number of carbonyl (C=O) groups is 1. The van der Waals surface area contributed by atoms with E-state index in [0.717, 1.165) is 13.1 Å². The lowest BCUT2D eigenvalue weighted by Crippen LogP contribution is -2.50. The van der Waals surface area contributed by atoms with Gasteiger partial charge in [0.1, 0.15) is 0 Å². The Hall–Kier alpha value is -1.35. The molecular weight excluding hydrogens is 190 g/mol. The lowest BCUT2D eigenvalue weighted by atomic mass is 10.00. The van der Waals surface area contributed by atoms with Crippen LogP contribution in [-0.2, 0) is 4.79 Å². The molecule has 1 aliphatic rings. The molecule has 0 aromatic heterocycles. The van der Waals surface area contributed by atoms with E-state index in [4.69, 9.17) is 0 Å². The highest BCUT2D eigenvalue weighted by molar-refractivity contribution is 5.82. The average Bonchev–Trinajstić information content (AvgIpc) is 2.24. The first kappa shape index (κ1) is 10.2. The Morgan fingerprint density at radius 1 is 1.40 bits per heavy atom. The fourth-order valence-corrected chi connectivity index (χ4v) is 1.83. The van der Waals surface area contributed by atoms with Crippen LogP contribution in [0, 0.1) is 5.92 Å². The van der Waals surface area contributed by atoms with Gasteiger partial charge in [-0.1, -0.05) is 37.3 Å². The summed E-state index contributed by atoms with van der Waals surface area (Å²) in [6, 6.07) is 9.05. The molecule has 0 bridgehead atoms. The van der Waals surface area contributed by atoms with Crippen LogP contribution < -0.4 is 0 Å². The summed E-state index contributed by atoms with van der Waals surface area (Å²) in [5, 5.41) is 9.82. The number of likely N-dealkylation sites (tertiary alicyclic amines) is 1. The summed E-state index contributed by atoms with van der Waals surface area (Å²) in [5.41, 5.74) is 0.669. The summed E-state index contributed by atoms with van der Waals surface area (Å²) < 4.78 is 0. The summed E-state index contributed by atoms with van der Waals surface area (Å²) in [7, 11) is 0. The van der Waals surface area contributed by atoms with Crippen LogP contribution in [0.2, 0.25) is 0 Å². The van der Waals surface area contributed by atoms with Crippen LogP contribution in [0.3, 0.4) is 0 Å². The third kappa shape index (κ3) is 2.02. The zero-order chi connectivity index (χ0) is 10.8. The van der Waals surface area contributed by atoms with E-state index in [9.17, 15) is 9.90 Å². The maximum Gasteiger partial charge on any atom is 0.256 e. The number of benzene rings is 1. The maximum atomic E-state index is 11.7. The number of carbonyl (C=O) groups excluding carboxylic acids is 1. The van der Waals surface area contributed by atoms with E-state index < -0.39 is 6.10 Å². The van der Waals surface area contributed by atoms with Gasteiger partial charge in [0.2, 0.25) is 0 Å². The van der Waals surface area contributed by atoms with Crippen LogP contribution in [0.1, 0.15) is 18.6 Å². The minimum Gasteiger partial charge on any atom is -0.378 e. The van der Waals surface area contributed by atoms with Crippen molar-refractivity contribution in [1.82, 2.24) is 4.90 Å². The Bertz CT molecular complexity index is 344. The first-order valence-electron chi connectivity index (χ1n) is 5.20. The molecule has 0 saturated carbocycles. The largest absolute Gasteiger partial charge is 0.378 e. The number of nitrogens with zero attached hydrogens (tertiary/aromatic N) is 1. The molecule has 1 heterocycles. The van der Waals surface area contributed by atoms with Crippen molar-refractivity contribution >= 4 is 5.91 Å². The number of rotatable bonds is 2. The second-order valence-corrected chi connectivity index (χ2v) is 4.16. The summed E-state index contributed by atoms with van der Waals surface area (Å²) in [4.78, 5) is 13.4. The molecule has 1 aromatic carbocycles. The van der Waals surface area contributed by atoms with Gasteiger partial charge in [0.25, 0.3) is 5.91 Å². The number of aliphatic hydroxyl groups is 1. The van der Waals surface area contributed by atoms with E-state index >= 15 is 0 Å². The Balaban J connectivity index is 2.02. The number of amides is 1. The van der Waals surface area contributed by atoms with Gasteiger partial charge >= 0.3 is 0 Å². The highest BCUT2D eigenvalue weighted by Crippen LogP contribution is 2.21. The van der Waals surface area contributed by atoms with Crippen LogP contribution in [-0.4, -0.2) is 29.0 Å². The first-order chi connectivity index (χ1) is 7.18. The minimum absolute atomic E-state index is 0.181. The molecule has 1 saturated heterocycles. The monoisotopic (exact) mass is 205 g/mol. The average molecular weight is 205 g/mol. The van der Waals surface area contributed by atoms with Crippen LogP contribution in [0.5, 0.6) is 0 Å². The maximum absolute atomic E-state index is 11.7. The Morgan fingerprint density at radius 3 is 2.53 bits per heavy atom. The van der Waals surface area contributed by atoms with Crippen molar-refractivity contribution in [2.75, 3.05) is 13.1 Å². The fourth-order valence-electron chi connectivity index (χ4n) is 1.83. The van der Waals surface area contributed by atoms with E-state index in [1.165, 1.54) is 0 Å². The van der Waals surface area contributed by atoms with Crippen LogP contribution in [0.4, 0.5) is 0 Å². The van der Waals surface area contributed by atoms with Crippen molar-refractivity contribution in [3.63, 3.8) is 0 Å². The summed E-state index contributed by atoms with van der Waals surface area (Å²) in [5.74, 6) is 0.385. The van der Waals surface area contributed by atoms with Gasteiger partial charge in [-0.2, -0.15) is 0 Å². The molecule has 3 heteroatoms. The molecule has 0 radical (unpaired) electrons. The fraction of sp³-hybridized carbons (Fsp3) is 0.417. The second kappa shape index (κ2) is 4.03. The van der Waals surface area contributed by atoms with Gasteiger partial charge in [0.05, 0.1) is 0 Å². The van der Waals surface area contributed by atoms with Crippen molar-refractivity contribution < 1.29 is 9.90 Å². The molecule has 0 spiro atoms. The van der Waals surface area contributed by atoms with Gasteiger partial charge in [-0.3, -0.25) is 4.79 Å². The summed E-state index contributed by atoms with van der Waals surface area (Å²) in [6.45, 7) is 3.63. The quantitative estimate of drug-likeness (QED) is 0.788. The van der Waals surface area contributed by atoms with Gasteiger partial charge in [-0.05, 0) is 11.5 Å². The topological polar surface area (TPSA) is 40.5 Å². The molecular formula is C12H15NO2. The SMILES string of the molecule is CC1CN(C(=O)C(O)c2ccccc2)C1. The summed E-state index contributed by atoms with van der Waals surface area (Å²) >= 11 is 0. The normalized spacial score (nSPS) is 18.4. The van der Waals surface area contributed by atoms with Gasteiger partial charge in [0.15, 0.2) is 6.10 Å². The van der Waals surface area contributed by atoms with Crippen LogP contribution in [0.25, 0.3) is 0 Å². The molecule has 1 atom stereocenters. The second-order valence-electron chi connectivity index (χ2n) is 4.16. The van der Waals surface area contributed by atoms with Crippen molar-refractivity contribution in [2.45, 2.75) is 13.0 Å². The highest BCUT2D eigenvalue weighted by atomic mass is 16.3. The van der Waals surface area contributed by atoms with E-state index in [1.807, 2.05) is 18.2 Å².